The number of nitrogens with zero attached hydrogens (tertiary/aromatic N) is 1. The van der Waals surface area contributed by atoms with Gasteiger partial charge in [0.05, 0.1) is 12.1 Å². The maximum atomic E-state index is 12.5. The number of carbonyl (C=O) groups excluding carboxylic acids is 1. The van der Waals surface area contributed by atoms with E-state index in [0.29, 0.717) is 11.5 Å². The molecule has 0 bridgehead atoms. The summed E-state index contributed by atoms with van der Waals surface area (Å²) in [6.07, 6.45) is 5.97. The van der Waals surface area contributed by atoms with Crippen LogP contribution in [0, 0.1) is 5.92 Å². The number of aliphatic imine (C=N–C) groups is 1. The van der Waals surface area contributed by atoms with Crippen molar-refractivity contribution >= 4 is 23.1 Å². The number of amides is 1. The zero-order valence-corrected chi connectivity index (χ0v) is 11.9. The fraction of sp³-hybridized carbons (Fsp3) is 0.600. The summed E-state index contributed by atoms with van der Waals surface area (Å²) < 4.78 is 5.32. The Labute approximate surface area is 123 Å². The van der Waals surface area contributed by atoms with Crippen LogP contribution in [-0.4, -0.2) is 42.4 Å². The molecule has 0 aromatic carbocycles. The normalized spacial score (nSPS) is 22.2. The van der Waals surface area contributed by atoms with Gasteiger partial charge in [-0.1, -0.05) is 0 Å². The smallest absolute Gasteiger partial charge is 0.255 e. The zero-order chi connectivity index (χ0) is 14.2. The van der Waals surface area contributed by atoms with Crippen LogP contribution in [0.4, 0.5) is 11.5 Å². The highest BCUT2D eigenvalue weighted by atomic mass is 16.5. The Hall–Kier alpha value is -1.82. The van der Waals surface area contributed by atoms with Crippen LogP contribution in [0.25, 0.3) is 0 Å². The highest BCUT2D eigenvalue weighted by Crippen LogP contribution is 2.38. The first-order valence-corrected chi connectivity index (χ1v) is 7.72. The summed E-state index contributed by atoms with van der Waals surface area (Å²) in [5, 5.41) is 6.42. The number of aromatic nitrogens is 1. The summed E-state index contributed by atoms with van der Waals surface area (Å²) in [5.41, 5.74) is 2.59. The number of ether oxygens (including phenoxy) is 1. The third-order valence-electron chi connectivity index (χ3n) is 4.40. The van der Waals surface area contributed by atoms with E-state index in [1.807, 2.05) is 0 Å². The van der Waals surface area contributed by atoms with Gasteiger partial charge in [0, 0.05) is 31.2 Å². The van der Waals surface area contributed by atoms with E-state index in [9.17, 15) is 4.79 Å². The molecule has 3 heterocycles. The Morgan fingerprint density at radius 1 is 1.29 bits per heavy atom. The van der Waals surface area contributed by atoms with Crippen molar-refractivity contribution in [2.24, 2.45) is 10.9 Å². The molecule has 1 saturated carbocycles. The Bertz CT molecular complexity index is 582. The maximum Gasteiger partial charge on any atom is 0.255 e. The third-order valence-corrected chi connectivity index (χ3v) is 4.40. The van der Waals surface area contributed by atoms with Crippen molar-refractivity contribution in [2.45, 2.75) is 31.7 Å². The molecule has 6 heteroatoms. The topological polar surface area (TPSA) is 78.5 Å². The summed E-state index contributed by atoms with van der Waals surface area (Å²) in [6, 6.07) is 0.209. The molecule has 1 amide bonds. The van der Waals surface area contributed by atoms with Gasteiger partial charge < -0.3 is 20.4 Å². The monoisotopic (exact) mass is 288 g/mol. The van der Waals surface area contributed by atoms with Crippen molar-refractivity contribution in [3.05, 3.63) is 11.8 Å². The van der Waals surface area contributed by atoms with E-state index in [4.69, 9.17) is 9.73 Å². The second-order valence-corrected chi connectivity index (χ2v) is 6.02. The van der Waals surface area contributed by atoms with Gasteiger partial charge in [0.15, 0.2) is 0 Å². The highest BCUT2D eigenvalue weighted by Gasteiger charge is 2.31. The predicted molar refractivity (Wildman–Crippen MR) is 80.4 cm³/mol. The summed E-state index contributed by atoms with van der Waals surface area (Å²) in [6.45, 7) is 2.24. The minimum absolute atomic E-state index is 0.0398. The fourth-order valence-corrected chi connectivity index (χ4v) is 2.96. The summed E-state index contributed by atoms with van der Waals surface area (Å²) in [7, 11) is 0. The third kappa shape index (κ3) is 2.55. The lowest BCUT2D eigenvalue weighted by molar-refractivity contribution is 0.0697. The number of H-pyrrole nitrogens is 1. The van der Waals surface area contributed by atoms with Gasteiger partial charge in [-0.05, 0) is 31.6 Å². The van der Waals surface area contributed by atoms with Crippen LogP contribution >= 0.6 is 0 Å². The molecule has 4 rings (SSSR count). The lowest BCUT2D eigenvalue weighted by atomic mass is 10.1. The van der Waals surface area contributed by atoms with Gasteiger partial charge in [-0.2, -0.15) is 0 Å². The van der Waals surface area contributed by atoms with Gasteiger partial charge in [0.1, 0.15) is 11.5 Å². The van der Waals surface area contributed by atoms with Crippen LogP contribution in [0.5, 0.6) is 0 Å². The number of hydrogen-bond acceptors (Lipinski definition) is 4. The van der Waals surface area contributed by atoms with E-state index in [2.05, 4.69) is 15.6 Å². The Morgan fingerprint density at radius 2 is 2.10 bits per heavy atom. The van der Waals surface area contributed by atoms with E-state index < -0.39 is 0 Å². The Morgan fingerprint density at radius 3 is 2.86 bits per heavy atom. The lowest BCUT2D eigenvalue weighted by Gasteiger charge is -2.23. The van der Waals surface area contributed by atoms with Crippen molar-refractivity contribution in [1.82, 2.24) is 10.3 Å². The van der Waals surface area contributed by atoms with Gasteiger partial charge in [-0.15, -0.1) is 0 Å². The maximum absolute atomic E-state index is 12.5. The number of rotatable bonds is 3. The molecule has 3 N–H and O–H groups in total. The van der Waals surface area contributed by atoms with Gasteiger partial charge in [0.25, 0.3) is 5.91 Å². The van der Waals surface area contributed by atoms with Gasteiger partial charge in [-0.3, -0.25) is 9.79 Å². The molecular weight excluding hydrogens is 268 g/mol. The average molecular weight is 288 g/mol. The van der Waals surface area contributed by atoms with Crippen LogP contribution in [0.2, 0.25) is 0 Å². The summed E-state index contributed by atoms with van der Waals surface area (Å²) in [5.74, 6) is 1.44. The van der Waals surface area contributed by atoms with E-state index in [-0.39, 0.29) is 11.9 Å². The van der Waals surface area contributed by atoms with Crippen LogP contribution < -0.4 is 10.6 Å². The number of fused-ring (bicyclic) bond motifs is 1. The standard InChI is InChI=1S/C15H20N4O2/c20-15(18-10-3-5-21-6-4-10)11-7-16-14-13(11)19-12(8-17-14)9-1-2-9/h7,9-10,16-17H,1-6,8H2,(H,18,20). The first-order valence-electron chi connectivity index (χ1n) is 7.72. The SMILES string of the molecule is O=C(NC1CCOCC1)c1c[nH]c2c1N=C(C1CC1)CN2. The molecule has 112 valence electrons. The minimum atomic E-state index is -0.0398. The van der Waals surface area contributed by atoms with E-state index in [0.717, 1.165) is 44.1 Å². The summed E-state index contributed by atoms with van der Waals surface area (Å²) in [4.78, 5) is 20.3. The molecule has 0 radical (unpaired) electrons. The fourth-order valence-electron chi connectivity index (χ4n) is 2.96. The van der Waals surface area contributed by atoms with E-state index in [1.54, 1.807) is 6.20 Å². The second-order valence-electron chi connectivity index (χ2n) is 6.02. The predicted octanol–water partition coefficient (Wildman–Crippen LogP) is 1.83. The minimum Gasteiger partial charge on any atom is -0.381 e. The van der Waals surface area contributed by atoms with Gasteiger partial charge >= 0.3 is 0 Å². The molecule has 0 atom stereocenters. The molecule has 1 saturated heterocycles. The van der Waals surface area contributed by atoms with Crippen LogP contribution in [0.1, 0.15) is 36.0 Å². The van der Waals surface area contributed by atoms with Gasteiger partial charge in [-0.25, -0.2) is 0 Å². The highest BCUT2D eigenvalue weighted by molar-refractivity contribution is 6.06. The number of anilines is 1. The molecule has 1 aliphatic carbocycles. The largest absolute Gasteiger partial charge is 0.381 e. The molecule has 6 nitrogen and oxygen atoms in total. The summed E-state index contributed by atoms with van der Waals surface area (Å²) >= 11 is 0. The van der Waals surface area contributed by atoms with Crippen LogP contribution in [0.15, 0.2) is 11.2 Å². The Balaban J connectivity index is 1.53. The Kier molecular flexibility index (Phi) is 3.18. The molecule has 2 fully saturated rings. The van der Waals surface area contributed by atoms with E-state index >= 15 is 0 Å². The molecule has 1 aromatic heterocycles. The molecule has 1 aromatic rings. The molecule has 0 spiro atoms. The molecular formula is C15H20N4O2. The quantitative estimate of drug-likeness (QED) is 0.794. The van der Waals surface area contributed by atoms with Crippen LogP contribution in [-0.2, 0) is 4.74 Å². The number of carbonyl (C=O) groups is 1. The number of nitrogens with one attached hydrogen (secondary N) is 3. The van der Waals surface area contributed by atoms with Crippen molar-refractivity contribution in [3.8, 4) is 0 Å². The first kappa shape index (κ1) is 12.9. The first-order chi connectivity index (χ1) is 10.3. The lowest BCUT2D eigenvalue weighted by Crippen LogP contribution is -2.38. The van der Waals surface area contributed by atoms with Gasteiger partial charge in [0.2, 0.25) is 0 Å². The van der Waals surface area contributed by atoms with Crippen LogP contribution in [0.3, 0.4) is 0 Å². The zero-order valence-electron chi connectivity index (χ0n) is 11.9. The van der Waals surface area contributed by atoms with Crippen molar-refractivity contribution < 1.29 is 9.53 Å². The molecule has 21 heavy (non-hydrogen) atoms. The van der Waals surface area contributed by atoms with Crippen molar-refractivity contribution in [3.63, 3.8) is 0 Å². The molecule has 3 aliphatic rings. The number of aromatic amines is 1. The average Bonchev–Trinajstić information content (AvgIpc) is 3.27. The molecule has 2 aliphatic heterocycles. The second kappa shape index (κ2) is 5.18. The van der Waals surface area contributed by atoms with E-state index in [1.165, 1.54) is 18.6 Å². The van der Waals surface area contributed by atoms with Crippen molar-refractivity contribution in [1.29, 1.82) is 0 Å². The van der Waals surface area contributed by atoms with Crippen molar-refractivity contribution in [2.75, 3.05) is 25.1 Å². The number of hydrogen-bond donors (Lipinski definition) is 3. The molecule has 0 unspecified atom stereocenters.